The van der Waals surface area contributed by atoms with E-state index in [9.17, 15) is 9.59 Å². The number of likely N-dealkylation sites (N-methyl/N-ethyl adjacent to an activating group) is 1. The summed E-state index contributed by atoms with van der Waals surface area (Å²) in [5.74, 6) is -0.409. The molecular formula is C24H41N3O2S. The van der Waals surface area contributed by atoms with E-state index in [2.05, 4.69) is 34.3 Å². The lowest BCUT2D eigenvalue weighted by atomic mass is 9.88. The maximum atomic E-state index is 11.6. The third-order valence-corrected chi connectivity index (χ3v) is 5.46. The second kappa shape index (κ2) is 14.8. The van der Waals surface area contributed by atoms with E-state index in [1.54, 1.807) is 6.92 Å². The zero-order valence-electron chi connectivity index (χ0n) is 19.8. The fourth-order valence-electron chi connectivity index (χ4n) is 3.05. The van der Waals surface area contributed by atoms with Crippen molar-refractivity contribution in [1.82, 2.24) is 4.90 Å². The summed E-state index contributed by atoms with van der Waals surface area (Å²) in [7, 11) is 1.84. The number of Topliss-reactive ketones (excluding diaryl/α,β-unsaturated/α-hetero) is 1. The molecule has 170 valence electrons. The summed E-state index contributed by atoms with van der Waals surface area (Å²) in [4.78, 5) is 25.5. The van der Waals surface area contributed by atoms with Crippen LogP contribution in [0.25, 0.3) is 5.57 Å². The fourth-order valence-corrected chi connectivity index (χ4v) is 4.23. The zero-order chi connectivity index (χ0) is 23.3. The van der Waals surface area contributed by atoms with Gasteiger partial charge in [-0.15, -0.1) is 11.3 Å². The van der Waals surface area contributed by atoms with Crippen LogP contribution >= 0.6 is 11.3 Å². The number of hydrogen-bond donors (Lipinski definition) is 2. The van der Waals surface area contributed by atoms with Crippen LogP contribution in [0.1, 0.15) is 93.9 Å². The molecule has 0 atom stereocenters. The van der Waals surface area contributed by atoms with Crippen LogP contribution in [0.2, 0.25) is 0 Å². The van der Waals surface area contributed by atoms with E-state index in [-0.39, 0.29) is 5.78 Å². The van der Waals surface area contributed by atoms with Crippen LogP contribution in [0.4, 0.5) is 5.00 Å². The Morgan fingerprint density at radius 2 is 1.67 bits per heavy atom. The minimum atomic E-state index is -0.492. The first kappa shape index (κ1) is 27.9. The molecular weight excluding hydrogens is 394 g/mol. The van der Waals surface area contributed by atoms with Gasteiger partial charge in [0.05, 0.1) is 17.1 Å². The first-order valence-electron chi connectivity index (χ1n) is 10.9. The number of unbranched alkanes of at least 4 members (excludes halogenated alkanes) is 3. The van der Waals surface area contributed by atoms with Crippen molar-refractivity contribution in [3.05, 3.63) is 34.4 Å². The maximum Gasteiger partial charge on any atom is 0.251 e. The van der Waals surface area contributed by atoms with Crippen molar-refractivity contribution in [1.29, 1.82) is 0 Å². The van der Waals surface area contributed by atoms with E-state index in [0.717, 1.165) is 28.0 Å². The smallest absolute Gasteiger partial charge is 0.251 e. The number of carbonyl (C=O) groups is 2. The Hall–Kier alpha value is -2.08. The molecule has 1 aliphatic carbocycles. The minimum absolute atomic E-state index is 0.0829. The molecule has 0 radical (unpaired) electrons. The summed E-state index contributed by atoms with van der Waals surface area (Å²) in [5, 5.41) is 0.447. The molecule has 0 aliphatic heterocycles. The van der Waals surface area contributed by atoms with E-state index >= 15 is 0 Å². The zero-order valence-corrected chi connectivity index (χ0v) is 20.6. The second-order valence-corrected chi connectivity index (χ2v) is 8.74. The quantitative estimate of drug-likeness (QED) is 0.530. The molecule has 0 fully saturated rings. The second-order valence-electron chi connectivity index (χ2n) is 7.69. The van der Waals surface area contributed by atoms with E-state index in [0.29, 0.717) is 23.5 Å². The molecule has 1 aromatic rings. The highest BCUT2D eigenvalue weighted by Crippen LogP contribution is 2.43. The molecule has 1 amide bonds. The molecule has 0 saturated heterocycles. The van der Waals surface area contributed by atoms with E-state index in [1.165, 1.54) is 43.4 Å². The molecule has 1 aliphatic rings. The predicted molar refractivity (Wildman–Crippen MR) is 132 cm³/mol. The summed E-state index contributed by atoms with van der Waals surface area (Å²) >= 11 is 1.35. The molecule has 30 heavy (non-hydrogen) atoms. The number of allylic oxidation sites excluding steroid dienone is 2. The molecule has 6 heteroatoms. The predicted octanol–water partition coefficient (Wildman–Crippen LogP) is 5.80. The topological polar surface area (TPSA) is 89.4 Å². The van der Waals surface area contributed by atoms with Crippen molar-refractivity contribution in [3.8, 4) is 0 Å². The van der Waals surface area contributed by atoms with Crippen LogP contribution in [0.3, 0.4) is 0 Å². The lowest BCUT2D eigenvalue weighted by Crippen LogP contribution is -2.20. The number of nitrogens with two attached hydrogens (primary N) is 2. The highest BCUT2D eigenvalue weighted by molar-refractivity contribution is 7.17. The molecule has 2 rings (SSSR count). The van der Waals surface area contributed by atoms with E-state index < -0.39 is 5.91 Å². The van der Waals surface area contributed by atoms with Crippen molar-refractivity contribution in [2.45, 2.75) is 79.6 Å². The van der Waals surface area contributed by atoms with Crippen LogP contribution in [0.15, 0.2) is 18.4 Å². The number of thiophene rings is 1. The van der Waals surface area contributed by atoms with Gasteiger partial charge in [-0.25, -0.2) is 0 Å². The number of hydrogen-bond acceptors (Lipinski definition) is 5. The number of primary amides is 1. The van der Waals surface area contributed by atoms with Gasteiger partial charge in [-0.2, -0.15) is 0 Å². The average molecular weight is 436 g/mol. The lowest BCUT2D eigenvalue weighted by molar-refractivity contribution is -0.117. The largest absolute Gasteiger partial charge is 0.390 e. The van der Waals surface area contributed by atoms with Gasteiger partial charge >= 0.3 is 0 Å². The van der Waals surface area contributed by atoms with E-state index in [4.69, 9.17) is 11.5 Å². The first-order valence-corrected chi connectivity index (χ1v) is 11.8. The average Bonchev–Trinajstić information content (AvgIpc) is 2.99. The van der Waals surface area contributed by atoms with Gasteiger partial charge in [0.2, 0.25) is 0 Å². The lowest BCUT2D eigenvalue weighted by Gasteiger charge is -2.21. The van der Waals surface area contributed by atoms with Gasteiger partial charge in [-0.05, 0) is 30.9 Å². The third kappa shape index (κ3) is 9.16. The summed E-state index contributed by atoms with van der Waals surface area (Å²) < 4.78 is 0. The van der Waals surface area contributed by atoms with Gasteiger partial charge in [-0.3, -0.25) is 9.59 Å². The Bertz CT molecular complexity index is 731. The minimum Gasteiger partial charge on any atom is -0.390 e. The Labute approximate surface area is 187 Å². The first-order chi connectivity index (χ1) is 14.1. The van der Waals surface area contributed by atoms with Gasteiger partial charge < -0.3 is 16.4 Å². The number of ketones is 1. The van der Waals surface area contributed by atoms with Crippen LogP contribution in [-0.4, -0.2) is 30.2 Å². The summed E-state index contributed by atoms with van der Waals surface area (Å²) in [6.07, 6.45) is 10.1. The number of rotatable bonds is 7. The number of carbonyl (C=O) groups excluding carboxylic acids is 2. The Kier molecular flexibility index (Phi) is 13.8. The van der Waals surface area contributed by atoms with Gasteiger partial charge in [0.1, 0.15) is 5.78 Å². The van der Waals surface area contributed by atoms with Gasteiger partial charge in [0.15, 0.2) is 0 Å². The highest BCUT2D eigenvalue weighted by Gasteiger charge is 2.27. The number of amides is 1. The Morgan fingerprint density at radius 1 is 1.13 bits per heavy atom. The molecule has 4 N–H and O–H groups in total. The van der Waals surface area contributed by atoms with Crippen molar-refractivity contribution in [3.63, 3.8) is 0 Å². The van der Waals surface area contributed by atoms with E-state index in [1.807, 2.05) is 18.1 Å². The van der Waals surface area contributed by atoms with Crippen molar-refractivity contribution in [2.24, 2.45) is 5.73 Å². The molecule has 5 nitrogen and oxygen atoms in total. The Balaban J connectivity index is 0.000000791. The fraction of sp³-hybridized carbons (Fsp3) is 0.583. The molecule has 0 aromatic carbocycles. The third-order valence-electron chi connectivity index (χ3n) is 4.36. The summed E-state index contributed by atoms with van der Waals surface area (Å²) in [5.41, 5.74) is 14.6. The number of nitrogens with zero attached hydrogens (tertiary/aromatic N) is 1. The number of nitrogen functional groups attached to an aromatic ring is 1. The van der Waals surface area contributed by atoms with Crippen molar-refractivity contribution >= 4 is 33.6 Å². The van der Waals surface area contributed by atoms with Crippen molar-refractivity contribution in [2.75, 3.05) is 19.3 Å². The normalized spacial score (nSPS) is 13.5. The summed E-state index contributed by atoms with van der Waals surface area (Å²) in [6, 6.07) is 0. The van der Waals surface area contributed by atoms with Crippen LogP contribution in [0.5, 0.6) is 0 Å². The molecule has 0 bridgehead atoms. The van der Waals surface area contributed by atoms with Crippen molar-refractivity contribution < 1.29 is 9.59 Å². The van der Waals surface area contributed by atoms with Gasteiger partial charge in [0.25, 0.3) is 5.91 Å². The summed E-state index contributed by atoms with van der Waals surface area (Å²) in [6.45, 7) is 14.7. The highest BCUT2D eigenvalue weighted by atomic mass is 32.1. The Morgan fingerprint density at radius 3 is 2.10 bits per heavy atom. The van der Waals surface area contributed by atoms with Gasteiger partial charge in [0, 0.05) is 23.7 Å². The monoisotopic (exact) mass is 435 g/mol. The molecule has 1 heterocycles. The van der Waals surface area contributed by atoms with Crippen LogP contribution in [-0.2, 0) is 11.2 Å². The van der Waals surface area contributed by atoms with Crippen LogP contribution in [0, 0.1) is 0 Å². The molecule has 1 aromatic heterocycles. The van der Waals surface area contributed by atoms with Gasteiger partial charge in [-0.1, -0.05) is 66.4 Å². The van der Waals surface area contributed by atoms with Crippen LogP contribution < -0.4 is 11.5 Å². The molecule has 0 saturated carbocycles. The number of anilines is 1. The SMILES string of the molecule is C=C1CCc2c(sc(N)c2C(N)=O)/C1=C/N(C)CC(C)=O.CCC.CCCCCC. The molecule has 0 spiro atoms. The number of fused-ring (bicyclic) bond motifs is 1. The maximum absolute atomic E-state index is 11.6. The standard InChI is InChI=1S/C15H19N3O2S.C6H14.C3H8/c1-8-4-5-10-12(14(16)20)15(17)21-13(10)11(8)7-18(3)6-9(2)19;1-3-5-6-4-2;1-3-2/h7H,1,4-6,17H2,2-3H3,(H2,16,20);3-6H2,1-2H3;3H2,1-2H3/b11-7+;;. The molecule has 0 unspecified atom stereocenters.